The van der Waals surface area contributed by atoms with Gasteiger partial charge in [0, 0.05) is 18.2 Å². The Bertz CT molecular complexity index is 602. The molecule has 18 heavy (non-hydrogen) atoms. The van der Waals surface area contributed by atoms with Gasteiger partial charge in [0.25, 0.3) is 0 Å². The summed E-state index contributed by atoms with van der Waals surface area (Å²) in [5.41, 5.74) is 0.124. The summed E-state index contributed by atoms with van der Waals surface area (Å²) in [6.07, 6.45) is -4.59. The maximum Gasteiger partial charge on any atom is 0.449 e. The van der Waals surface area contributed by atoms with Crippen molar-refractivity contribution in [2.75, 3.05) is 0 Å². The van der Waals surface area contributed by atoms with Crippen molar-refractivity contribution in [2.24, 2.45) is 0 Å². The van der Waals surface area contributed by atoms with E-state index in [0.29, 0.717) is 0 Å². The summed E-state index contributed by atoms with van der Waals surface area (Å²) >= 11 is 0. The zero-order chi connectivity index (χ0) is 13.7. The first-order chi connectivity index (χ1) is 8.21. The fourth-order valence-electron chi connectivity index (χ4n) is 1.84. The van der Waals surface area contributed by atoms with Gasteiger partial charge in [-0.3, -0.25) is 0 Å². The predicted octanol–water partition coefficient (Wildman–Crippen LogP) is 3.05. The minimum atomic E-state index is -4.59. The van der Waals surface area contributed by atoms with E-state index in [2.05, 4.69) is 4.98 Å². The third kappa shape index (κ3) is 1.85. The highest BCUT2D eigenvalue weighted by molar-refractivity contribution is 5.80. The maximum atomic E-state index is 12.8. The maximum absolute atomic E-state index is 12.8. The summed E-state index contributed by atoms with van der Waals surface area (Å²) in [5, 5.41) is 18.6. The van der Waals surface area contributed by atoms with Gasteiger partial charge in [0.1, 0.15) is 0 Å². The molecule has 0 aliphatic rings. The Kier molecular flexibility index (Phi) is 2.64. The number of imidazole rings is 1. The second-order valence-corrected chi connectivity index (χ2v) is 4.23. The minimum absolute atomic E-state index is 0.00803. The molecule has 0 amide bonds. The van der Waals surface area contributed by atoms with Crippen molar-refractivity contribution in [1.82, 2.24) is 9.55 Å². The Labute approximate surface area is 100 Å². The summed E-state index contributed by atoms with van der Waals surface area (Å²) in [6.45, 7) is 3.17. The van der Waals surface area contributed by atoms with E-state index in [1.165, 1.54) is 0 Å². The van der Waals surface area contributed by atoms with Crippen LogP contribution in [0.5, 0.6) is 11.5 Å². The van der Waals surface area contributed by atoms with E-state index in [0.717, 1.165) is 16.7 Å². The van der Waals surface area contributed by atoms with Gasteiger partial charge in [-0.15, -0.1) is 0 Å². The molecule has 0 aliphatic heterocycles. The number of hydrogen-bond acceptors (Lipinski definition) is 3. The molecular formula is C11H11F3N2O2. The van der Waals surface area contributed by atoms with E-state index in [-0.39, 0.29) is 11.0 Å². The molecule has 98 valence electrons. The smallest absolute Gasteiger partial charge is 0.449 e. The first kappa shape index (κ1) is 12.5. The Morgan fingerprint density at radius 2 is 1.72 bits per heavy atom. The van der Waals surface area contributed by atoms with Gasteiger partial charge in [-0.2, -0.15) is 13.2 Å². The van der Waals surface area contributed by atoms with Gasteiger partial charge >= 0.3 is 6.18 Å². The highest BCUT2D eigenvalue weighted by Crippen LogP contribution is 2.37. The van der Waals surface area contributed by atoms with Crippen molar-refractivity contribution in [2.45, 2.75) is 26.1 Å². The molecule has 0 saturated carbocycles. The lowest BCUT2D eigenvalue weighted by atomic mass is 10.2. The number of aromatic hydroxyl groups is 2. The Balaban J connectivity index is 2.84. The van der Waals surface area contributed by atoms with Crippen LogP contribution < -0.4 is 0 Å². The van der Waals surface area contributed by atoms with Crippen LogP contribution in [0.4, 0.5) is 13.2 Å². The number of halogens is 3. The van der Waals surface area contributed by atoms with Gasteiger partial charge in [-0.25, -0.2) is 4.98 Å². The van der Waals surface area contributed by atoms with Gasteiger partial charge < -0.3 is 14.8 Å². The number of aromatic nitrogens is 2. The molecule has 0 saturated heterocycles. The summed E-state index contributed by atoms with van der Waals surface area (Å²) in [5.74, 6) is -2.01. The zero-order valence-corrected chi connectivity index (χ0v) is 9.65. The number of nitrogens with zero attached hydrogens (tertiary/aromatic N) is 2. The minimum Gasteiger partial charge on any atom is -0.504 e. The number of rotatable bonds is 1. The lowest BCUT2D eigenvalue weighted by molar-refractivity contribution is -0.147. The molecule has 0 fully saturated rings. The third-order valence-corrected chi connectivity index (χ3v) is 2.56. The molecule has 4 nitrogen and oxygen atoms in total. The Morgan fingerprint density at radius 3 is 2.22 bits per heavy atom. The van der Waals surface area contributed by atoms with Gasteiger partial charge in [-0.05, 0) is 13.8 Å². The van der Waals surface area contributed by atoms with Crippen LogP contribution in [-0.4, -0.2) is 19.8 Å². The van der Waals surface area contributed by atoms with Crippen molar-refractivity contribution in [3.8, 4) is 11.5 Å². The number of fused-ring (bicyclic) bond motifs is 1. The van der Waals surface area contributed by atoms with Gasteiger partial charge in [-0.1, -0.05) is 0 Å². The van der Waals surface area contributed by atoms with E-state index in [4.69, 9.17) is 0 Å². The molecule has 0 spiro atoms. The van der Waals surface area contributed by atoms with Crippen LogP contribution >= 0.6 is 0 Å². The van der Waals surface area contributed by atoms with Crippen molar-refractivity contribution in [3.05, 3.63) is 18.0 Å². The molecule has 1 heterocycles. The summed E-state index contributed by atoms with van der Waals surface area (Å²) in [7, 11) is 0. The van der Waals surface area contributed by atoms with Crippen LogP contribution in [0.1, 0.15) is 25.7 Å². The molecule has 0 aliphatic carbocycles. The van der Waals surface area contributed by atoms with Crippen LogP contribution in [0.3, 0.4) is 0 Å². The first-order valence-corrected chi connectivity index (χ1v) is 5.23. The van der Waals surface area contributed by atoms with Gasteiger partial charge in [0.2, 0.25) is 5.82 Å². The SMILES string of the molecule is CC(C)n1c(C(F)(F)F)nc2cc(O)c(O)cc21. The van der Waals surface area contributed by atoms with Crippen molar-refractivity contribution >= 4 is 11.0 Å². The zero-order valence-electron chi connectivity index (χ0n) is 9.65. The Hall–Kier alpha value is -1.92. The van der Waals surface area contributed by atoms with E-state index < -0.39 is 29.5 Å². The molecule has 2 aromatic rings. The van der Waals surface area contributed by atoms with Crippen molar-refractivity contribution in [1.29, 1.82) is 0 Å². The molecular weight excluding hydrogens is 249 g/mol. The van der Waals surface area contributed by atoms with Crippen LogP contribution in [0.2, 0.25) is 0 Å². The lowest BCUT2D eigenvalue weighted by Gasteiger charge is -2.14. The highest BCUT2D eigenvalue weighted by Gasteiger charge is 2.38. The average Bonchev–Trinajstić information content (AvgIpc) is 2.56. The molecule has 2 rings (SSSR count). The van der Waals surface area contributed by atoms with Gasteiger partial charge in [0.05, 0.1) is 11.0 Å². The number of phenolic OH excluding ortho intramolecular Hbond substituents is 2. The molecule has 1 aromatic heterocycles. The van der Waals surface area contributed by atoms with Crippen LogP contribution in [0, 0.1) is 0 Å². The van der Waals surface area contributed by atoms with Crippen LogP contribution in [0.25, 0.3) is 11.0 Å². The second kappa shape index (κ2) is 3.79. The molecule has 2 N–H and O–H groups in total. The van der Waals surface area contributed by atoms with Crippen molar-refractivity contribution < 1.29 is 23.4 Å². The standard InChI is InChI=1S/C11H11F3N2O2/c1-5(2)16-7-4-9(18)8(17)3-6(7)15-10(16)11(12,13)14/h3-5,17-18H,1-2H3. The number of alkyl halides is 3. The third-order valence-electron chi connectivity index (χ3n) is 2.56. The highest BCUT2D eigenvalue weighted by atomic mass is 19.4. The molecule has 0 unspecified atom stereocenters. The fraction of sp³-hybridized carbons (Fsp3) is 0.364. The van der Waals surface area contributed by atoms with Gasteiger partial charge in [0.15, 0.2) is 11.5 Å². The number of hydrogen-bond donors (Lipinski definition) is 2. The first-order valence-electron chi connectivity index (χ1n) is 5.23. The molecule has 0 atom stereocenters. The second-order valence-electron chi connectivity index (χ2n) is 4.23. The van der Waals surface area contributed by atoms with E-state index >= 15 is 0 Å². The van der Waals surface area contributed by atoms with E-state index in [9.17, 15) is 23.4 Å². The Morgan fingerprint density at radius 1 is 1.17 bits per heavy atom. The van der Waals surface area contributed by atoms with Crippen LogP contribution in [0.15, 0.2) is 12.1 Å². The summed E-state index contributed by atoms with van der Waals surface area (Å²) < 4.78 is 39.5. The van der Waals surface area contributed by atoms with E-state index in [1.54, 1.807) is 13.8 Å². The monoisotopic (exact) mass is 260 g/mol. The summed E-state index contributed by atoms with van der Waals surface area (Å²) in [6, 6.07) is 1.61. The normalized spacial score (nSPS) is 12.6. The van der Waals surface area contributed by atoms with Crippen molar-refractivity contribution in [3.63, 3.8) is 0 Å². The molecule has 0 radical (unpaired) electrons. The fourth-order valence-corrected chi connectivity index (χ4v) is 1.84. The number of phenols is 2. The topological polar surface area (TPSA) is 58.3 Å². The summed E-state index contributed by atoms with van der Waals surface area (Å²) in [4.78, 5) is 3.47. The quantitative estimate of drug-likeness (QED) is 0.775. The molecule has 7 heteroatoms. The molecule has 0 bridgehead atoms. The predicted molar refractivity (Wildman–Crippen MR) is 58.4 cm³/mol. The molecule has 1 aromatic carbocycles. The van der Waals surface area contributed by atoms with E-state index in [1.807, 2.05) is 0 Å². The average molecular weight is 260 g/mol. The number of benzene rings is 1. The lowest BCUT2D eigenvalue weighted by Crippen LogP contribution is -2.16. The van der Waals surface area contributed by atoms with Crippen LogP contribution in [-0.2, 0) is 6.18 Å². The largest absolute Gasteiger partial charge is 0.504 e.